The summed E-state index contributed by atoms with van der Waals surface area (Å²) in [6.45, 7) is 6.34. The lowest BCUT2D eigenvalue weighted by Gasteiger charge is -2.14. The van der Waals surface area contributed by atoms with Crippen molar-refractivity contribution in [2.75, 3.05) is 5.32 Å². The molecule has 0 radical (unpaired) electrons. The van der Waals surface area contributed by atoms with Gasteiger partial charge in [0.05, 0.1) is 18.4 Å². The minimum absolute atomic E-state index is 0.0947. The van der Waals surface area contributed by atoms with Crippen molar-refractivity contribution in [3.8, 4) is 0 Å². The predicted octanol–water partition coefficient (Wildman–Crippen LogP) is 5.10. The van der Waals surface area contributed by atoms with Gasteiger partial charge in [0.25, 0.3) is 11.8 Å². The number of furan rings is 1. The molecule has 5 nitrogen and oxygen atoms in total. The molecule has 3 aromatic rings. The van der Waals surface area contributed by atoms with Gasteiger partial charge in [-0.15, -0.1) is 0 Å². The van der Waals surface area contributed by atoms with Gasteiger partial charge in [0, 0.05) is 5.69 Å². The Morgan fingerprint density at radius 2 is 1.63 bits per heavy atom. The highest BCUT2D eigenvalue weighted by Crippen LogP contribution is 2.32. The number of anilines is 1. The third-order valence-corrected chi connectivity index (χ3v) is 5.25. The first-order chi connectivity index (χ1) is 14.4. The molecular formula is C25H24N2O3. The molecule has 0 spiro atoms. The van der Waals surface area contributed by atoms with E-state index in [-0.39, 0.29) is 24.1 Å². The van der Waals surface area contributed by atoms with Crippen LogP contribution in [0.15, 0.2) is 77.0 Å². The van der Waals surface area contributed by atoms with Crippen LogP contribution in [0.2, 0.25) is 0 Å². The molecule has 0 saturated carbocycles. The summed E-state index contributed by atoms with van der Waals surface area (Å²) in [5.41, 5.74) is 4.43. The Kier molecular flexibility index (Phi) is 5.27. The Bertz CT molecular complexity index is 1090. The summed E-state index contributed by atoms with van der Waals surface area (Å²) >= 11 is 0. The average Bonchev–Trinajstić information content (AvgIpc) is 3.32. The molecule has 0 bridgehead atoms. The summed E-state index contributed by atoms with van der Waals surface area (Å²) in [5.74, 6) is 0.281. The van der Waals surface area contributed by atoms with Gasteiger partial charge in [0.15, 0.2) is 0 Å². The van der Waals surface area contributed by atoms with Crippen molar-refractivity contribution in [3.05, 3.63) is 95.1 Å². The van der Waals surface area contributed by atoms with Crippen LogP contribution in [0.5, 0.6) is 0 Å². The molecule has 0 atom stereocenters. The van der Waals surface area contributed by atoms with Crippen LogP contribution in [-0.2, 0) is 16.1 Å². The summed E-state index contributed by atoms with van der Waals surface area (Å²) in [6.07, 6.45) is 1.53. The zero-order valence-corrected chi connectivity index (χ0v) is 17.3. The highest BCUT2D eigenvalue weighted by molar-refractivity contribution is 6.36. The van der Waals surface area contributed by atoms with E-state index in [4.69, 9.17) is 4.42 Å². The van der Waals surface area contributed by atoms with Crippen molar-refractivity contribution in [2.45, 2.75) is 33.2 Å². The standard InChI is InChI=1S/C25H24N2O3/c1-16(2)18-10-12-20(13-11-18)26-23-22(19-8-6-17(3)7-9-19)24(28)27(25(23)29)15-21-5-4-14-30-21/h4-14,16,26H,15H2,1-3H3. The summed E-state index contributed by atoms with van der Waals surface area (Å²) in [6, 6.07) is 19.0. The third-order valence-electron chi connectivity index (χ3n) is 5.25. The van der Waals surface area contributed by atoms with E-state index in [9.17, 15) is 9.59 Å². The number of hydrogen-bond donors (Lipinski definition) is 1. The normalized spacial score (nSPS) is 14.2. The van der Waals surface area contributed by atoms with Gasteiger partial charge >= 0.3 is 0 Å². The fraction of sp³-hybridized carbons (Fsp3) is 0.200. The number of carbonyl (C=O) groups is 2. The molecule has 5 heteroatoms. The maximum Gasteiger partial charge on any atom is 0.278 e. The van der Waals surface area contributed by atoms with Crippen LogP contribution in [0.25, 0.3) is 5.57 Å². The maximum atomic E-state index is 13.2. The fourth-order valence-electron chi connectivity index (χ4n) is 3.48. The highest BCUT2D eigenvalue weighted by atomic mass is 16.3. The Morgan fingerprint density at radius 1 is 0.933 bits per heavy atom. The van der Waals surface area contributed by atoms with Crippen molar-refractivity contribution < 1.29 is 14.0 Å². The number of benzene rings is 2. The zero-order valence-electron chi connectivity index (χ0n) is 17.3. The van der Waals surface area contributed by atoms with Gasteiger partial charge in [-0.05, 0) is 48.2 Å². The van der Waals surface area contributed by atoms with E-state index in [1.165, 1.54) is 16.7 Å². The van der Waals surface area contributed by atoms with Gasteiger partial charge in [-0.3, -0.25) is 14.5 Å². The number of amides is 2. The molecular weight excluding hydrogens is 376 g/mol. The van der Waals surface area contributed by atoms with E-state index in [0.717, 1.165) is 11.3 Å². The summed E-state index contributed by atoms with van der Waals surface area (Å²) in [7, 11) is 0. The van der Waals surface area contributed by atoms with E-state index < -0.39 is 0 Å². The molecule has 0 saturated heterocycles. The first-order valence-electron chi connectivity index (χ1n) is 10.0. The van der Waals surface area contributed by atoms with Gasteiger partial charge in [-0.1, -0.05) is 55.8 Å². The number of rotatable bonds is 6. The lowest BCUT2D eigenvalue weighted by atomic mass is 10.0. The van der Waals surface area contributed by atoms with Gasteiger partial charge in [0.2, 0.25) is 0 Å². The lowest BCUT2D eigenvalue weighted by molar-refractivity contribution is -0.137. The lowest BCUT2D eigenvalue weighted by Crippen LogP contribution is -2.31. The minimum atomic E-state index is -0.361. The highest BCUT2D eigenvalue weighted by Gasteiger charge is 2.39. The molecule has 152 valence electrons. The first kappa shape index (κ1) is 19.7. The van der Waals surface area contributed by atoms with Crippen molar-refractivity contribution in [2.24, 2.45) is 0 Å². The Hall–Kier alpha value is -3.60. The van der Waals surface area contributed by atoms with Gasteiger partial charge in [-0.2, -0.15) is 0 Å². The molecule has 2 amide bonds. The van der Waals surface area contributed by atoms with Gasteiger partial charge < -0.3 is 9.73 Å². The molecule has 1 aliphatic rings. The van der Waals surface area contributed by atoms with Crippen LogP contribution in [0, 0.1) is 6.92 Å². The first-order valence-corrected chi connectivity index (χ1v) is 10.0. The SMILES string of the molecule is Cc1ccc(C2=C(Nc3ccc(C(C)C)cc3)C(=O)N(Cc3ccco3)C2=O)cc1. The number of carbonyl (C=O) groups excluding carboxylic acids is 2. The largest absolute Gasteiger partial charge is 0.467 e. The molecule has 30 heavy (non-hydrogen) atoms. The van der Waals surface area contributed by atoms with E-state index in [1.807, 2.05) is 55.5 Å². The topological polar surface area (TPSA) is 62.6 Å². The molecule has 0 fully saturated rings. The Labute approximate surface area is 176 Å². The van der Waals surface area contributed by atoms with Gasteiger partial charge in [0.1, 0.15) is 11.5 Å². The fourth-order valence-corrected chi connectivity index (χ4v) is 3.48. The monoisotopic (exact) mass is 400 g/mol. The smallest absolute Gasteiger partial charge is 0.278 e. The van der Waals surface area contributed by atoms with Crippen LogP contribution in [-0.4, -0.2) is 16.7 Å². The minimum Gasteiger partial charge on any atom is -0.467 e. The van der Waals surface area contributed by atoms with E-state index in [0.29, 0.717) is 22.8 Å². The number of nitrogens with one attached hydrogen (secondary N) is 1. The van der Waals surface area contributed by atoms with E-state index in [1.54, 1.807) is 12.1 Å². The number of aryl methyl sites for hydroxylation is 1. The molecule has 2 aromatic carbocycles. The number of hydrogen-bond acceptors (Lipinski definition) is 4. The van der Waals surface area contributed by atoms with Crippen LogP contribution in [0.4, 0.5) is 5.69 Å². The van der Waals surface area contributed by atoms with Crippen molar-refractivity contribution >= 4 is 23.1 Å². The van der Waals surface area contributed by atoms with Crippen molar-refractivity contribution in [1.29, 1.82) is 0 Å². The predicted molar refractivity (Wildman–Crippen MR) is 117 cm³/mol. The van der Waals surface area contributed by atoms with Crippen LogP contribution in [0.1, 0.15) is 42.2 Å². The average molecular weight is 400 g/mol. The summed E-state index contributed by atoms with van der Waals surface area (Å²) < 4.78 is 5.35. The van der Waals surface area contributed by atoms with Crippen LogP contribution in [0.3, 0.4) is 0 Å². The molecule has 0 aliphatic carbocycles. The molecule has 4 rings (SSSR count). The Balaban J connectivity index is 1.71. The zero-order chi connectivity index (χ0) is 21.3. The van der Waals surface area contributed by atoms with E-state index >= 15 is 0 Å². The second-order valence-electron chi connectivity index (χ2n) is 7.79. The second kappa shape index (κ2) is 8.03. The molecule has 2 heterocycles. The molecule has 1 N–H and O–H groups in total. The summed E-state index contributed by atoms with van der Waals surface area (Å²) in [5, 5.41) is 3.20. The number of nitrogens with zero attached hydrogens (tertiary/aromatic N) is 1. The summed E-state index contributed by atoms with van der Waals surface area (Å²) in [4.78, 5) is 27.7. The van der Waals surface area contributed by atoms with Crippen molar-refractivity contribution in [3.63, 3.8) is 0 Å². The quantitative estimate of drug-likeness (QED) is 0.585. The molecule has 1 aliphatic heterocycles. The van der Waals surface area contributed by atoms with E-state index in [2.05, 4.69) is 19.2 Å². The van der Waals surface area contributed by atoms with Crippen LogP contribution < -0.4 is 5.32 Å². The third kappa shape index (κ3) is 3.79. The number of imide groups is 1. The molecule has 1 aromatic heterocycles. The maximum absolute atomic E-state index is 13.2. The second-order valence-corrected chi connectivity index (χ2v) is 7.79. The van der Waals surface area contributed by atoms with Gasteiger partial charge in [-0.25, -0.2) is 0 Å². The van der Waals surface area contributed by atoms with Crippen molar-refractivity contribution in [1.82, 2.24) is 4.90 Å². The molecule has 0 unspecified atom stereocenters. The van der Waals surface area contributed by atoms with Crippen LogP contribution >= 0.6 is 0 Å². The Morgan fingerprint density at radius 3 is 2.23 bits per heavy atom.